The number of nitrogens with zero attached hydrogens (tertiary/aromatic N) is 3. The van der Waals surface area contributed by atoms with Crippen LogP contribution in [0.25, 0.3) is 0 Å². The number of rotatable bonds is 6. The van der Waals surface area contributed by atoms with Crippen LogP contribution in [0.5, 0.6) is 0 Å². The van der Waals surface area contributed by atoms with E-state index in [0.29, 0.717) is 36.3 Å². The molecule has 0 aliphatic carbocycles. The van der Waals surface area contributed by atoms with Gasteiger partial charge in [0.1, 0.15) is 6.17 Å². The third-order valence-corrected chi connectivity index (χ3v) is 5.88. The van der Waals surface area contributed by atoms with Gasteiger partial charge in [-0.2, -0.15) is 0 Å². The summed E-state index contributed by atoms with van der Waals surface area (Å²) in [5.74, 6) is -0.329. The van der Waals surface area contributed by atoms with Gasteiger partial charge < -0.3 is 10.2 Å². The van der Waals surface area contributed by atoms with E-state index in [9.17, 15) is 14.4 Å². The zero-order valence-electron chi connectivity index (χ0n) is 17.4. The molecule has 7 nitrogen and oxygen atoms in total. The van der Waals surface area contributed by atoms with Crippen molar-refractivity contribution in [3.05, 3.63) is 95.3 Å². The molecule has 32 heavy (non-hydrogen) atoms. The topological polar surface area (TPSA) is 82.6 Å². The van der Waals surface area contributed by atoms with E-state index >= 15 is 0 Å². The van der Waals surface area contributed by atoms with Crippen LogP contribution in [0.15, 0.2) is 72.9 Å². The van der Waals surface area contributed by atoms with Gasteiger partial charge in [-0.25, -0.2) is 0 Å². The summed E-state index contributed by atoms with van der Waals surface area (Å²) in [6.45, 7) is 0.737. The second kappa shape index (κ2) is 8.26. The van der Waals surface area contributed by atoms with Crippen molar-refractivity contribution in [2.24, 2.45) is 0 Å². The summed E-state index contributed by atoms with van der Waals surface area (Å²) >= 11 is 0. The lowest BCUT2D eigenvalue weighted by atomic mass is 10.0. The van der Waals surface area contributed by atoms with Gasteiger partial charge in [-0.3, -0.25) is 24.3 Å². The largest absolute Gasteiger partial charge is 0.350 e. The molecule has 2 aliphatic heterocycles. The predicted octanol–water partition coefficient (Wildman–Crippen LogP) is 3.29. The maximum absolute atomic E-state index is 13.3. The minimum Gasteiger partial charge on any atom is -0.350 e. The summed E-state index contributed by atoms with van der Waals surface area (Å²) in [5.41, 5.74) is 3.36. The third kappa shape index (κ3) is 3.41. The first-order chi connectivity index (χ1) is 15.6. The molecular formula is C25H22N4O3. The number of anilines is 1. The molecule has 2 aromatic carbocycles. The van der Waals surface area contributed by atoms with Crippen molar-refractivity contribution < 1.29 is 14.4 Å². The lowest BCUT2D eigenvalue weighted by molar-refractivity contribution is -0.121. The van der Waals surface area contributed by atoms with Crippen LogP contribution in [0.3, 0.4) is 0 Å². The van der Waals surface area contributed by atoms with Crippen LogP contribution in [-0.2, 0) is 11.3 Å². The first-order valence-electron chi connectivity index (χ1n) is 10.6. The second-order valence-corrected chi connectivity index (χ2v) is 7.85. The quantitative estimate of drug-likeness (QED) is 0.656. The van der Waals surface area contributed by atoms with E-state index in [1.54, 1.807) is 34.2 Å². The lowest BCUT2D eigenvalue weighted by Crippen LogP contribution is -2.48. The van der Waals surface area contributed by atoms with Crippen molar-refractivity contribution >= 4 is 23.4 Å². The number of carbonyl (C=O) groups is 3. The number of nitrogens with one attached hydrogen (secondary N) is 1. The SMILES string of the molecule is O=C(CCCN1C(=O)c2ccccc2N2C(=O)c3ccccc3[C@H]12)NCc1ccccn1. The Morgan fingerprint density at radius 3 is 2.47 bits per heavy atom. The van der Waals surface area contributed by atoms with Crippen molar-refractivity contribution in [2.75, 3.05) is 11.4 Å². The van der Waals surface area contributed by atoms with E-state index in [4.69, 9.17) is 0 Å². The Balaban J connectivity index is 1.33. The Bertz CT molecular complexity index is 1190. The molecule has 0 spiro atoms. The van der Waals surface area contributed by atoms with E-state index < -0.39 is 6.17 Å². The number of carbonyl (C=O) groups excluding carboxylic acids is 3. The predicted molar refractivity (Wildman–Crippen MR) is 119 cm³/mol. The summed E-state index contributed by atoms with van der Waals surface area (Å²) < 4.78 is 0. The van der Waals surface area contributed by atoms with Crippen LogP contribution < -0.4 is 10.2 Å². The first-order valence-corrected chi connectivity index (χ1v) is 10.6. The fourth-order valence-electron chi connectivity index (χ4n) is 4.39. The average Bonchev–Trinajstić information content (AvgIpc) is 3.13. The van der Waals surface area contributed by atoms with Crippen molar-refractivity contribution in [1.29, 1.82) is 0 Å². The molecule has 160 valence electrons. The van der Waals surface area contributed by atoms with E-state index in [0.717, 1.165) is 11.3 Å². The van der Waals surface area contributed by atoms with Gasteiger partial charge in [0, 0.05) is 30.3 Å². The Labute approximate surface area is 185 Å². The maximum atomic E-state index is 13.3. The molecule has 0 saturated heterocycles. The fourth-order valence-corrected chi connectivity index (χ4v) is 4.39. The molecule has 0 bridgehead atoms. The summed E-state index contributed by atoms with van der Waals surface area (Å²) in [7, 11) is 0. The van der Waals surface area contributed by atoms with Gasteiger partial charge in [-0.1, -0.05) is 36.4 Å². The van der Waals surface area contributed by atoms with Gasteiger partial charge in [0.15, 0.2) is 0 Å². The average molecular weight is 426 g/mol. The number of hydrogen-bond donors (Lipinski definition) is 1. The number of benzene rings is 2. The minimum absolute atomic E-state index is 0.0970. The Hall–Kier alpha value is -4.00. The van der Waals surface area contributed by atoms with Crippen molar-refractivity contribution in [2.45, 2.75) is 25.6 Å². The van der Waals surface area contributed by atoms with Crippen LogP contribution in [-0.4, -0.2) is 34.2 Å². The molecule has 5 rings (SSSR count). The molecule has 0 radical (unpaired) electrons. The number of pyridine rings is 1. The monoisotopic (exact) mass is 426 g/mol. The normalized spacial score (nSPS) is 16.4. The Morgan fingerprint density at radius 2 is 1.66 bits per heavy atom. The van der Waals surface area contributed by atoms with Crippen LogP contribution in [0, 0.1) is 0 Å². The smallest absolute Gasteiger partial charge is 0.260 e. The maximum Gasteiger partial charge on any atom is 0.260 e. The summed E-state index contributed by atoms with van der Waals surface area (Å²) in [6.07, 6.45) is 1.97. The van der Waals surface area contributed by atoms with Gasteiger partial charge in [0.25, 0.3) is 11.8 Å². The molecule has 3 amide bonds. The fraction of sp³-hybridized carbons (Fsp3) is 0.200. The molecule has 0 fully saturated rings. The molecule has 1 atom stereocenters. The molecule has 1 aromatic heterocycles. The summed E-state index contributed by atoms with van der Waals surface area (Å²) in [4.78, 5) is 46.4. The lowest BCUT2D eigenvalue weighted by Gasteiger charge is -2.41. The van der Waals surface area contributed by atoms with Crippen molar-refractivity contribution in [3.8, 4) is 0 Å². The number of fused-ring (bicyclic) bond motifs is 5. The highest BCUT2D eigenvalue weighted by Crippen LogP contribution is 2.45. The molecular weight excluding hydrogens is 404 g/mol. The van der Waals surface area contributed by atoms with E-state index in [-0.39, 0.29) is 24.1 Å². The van der Waals surface area contributed by atoms with Gasteiger partial charge in [-0.05, 0) is 36.8 Å². The summed E-state index contributed by atoms with van der Waals surface area (Å²) in [5, 5.41) is 2.86. The highest BCUT2D eigenvalue weighted by Gasteiger charge is 2.47. The number of para-hydroxylation sites is 1. The van der Waals surface area contributed by atoms with Crippen LogP contribution in [0.2, 0.25) is 0 Å². The van der Waals surface area contributed by atoms with Gasteiger partial charge in [-0.15, -0.1) is 0 Å². The zero-order valence-corrected chi connectivity index (χ0v) is 17.4. The molecule has 0 saturated carbocycles. The minimum atomic E-state index is -0.488. The molecule has 3 aromatic rings. The van der Waals surface area contributed by atoms with Gasteiger partial charge in [0.05, 0.1) is 23.5 Å². The Kier molecular flexibility index (Phi) is 5.15. The third-order valence-electron chi connectivity index (χ3n) is 5.88. The molecule has 2 aliphatic rings. The van der Waals surface area contributed by atoms with E-state index in [1.807, 2.05) is 48.5 Å². The van der Waals surface area contributed by atoms with E-state index in [1.165, 1.54) is 0 Å². The zero-order chi connectivity index (χ0) is 22.1. The van der Waals surface area contributed by atoms with Crippen LogP contribution >= 0.6 is 0 Å². The Morgan fingerprint density at radius 1 is 0.906 bits per heavy atom. The number of amides is 3. The van der Waals surface area contributed by atoms with E-state index in [2.05, 4.69) is 10.3 Å². The standard InChI is InChI=1S/C25H22N4O3/c30-22(27-16-17-8-5-6-14-26-17)13-7-15-28-23-18-9-1-2-10-19(18)25(32)29(23)21-12-4-3-11-20(21)24(28)31/h1-6,8-12,14,23H,7,13,15-16H2,(H,27,30)/t23-/m1/s1. The number of aromatic nitrogens is 1. The van der Waals surface area contributed by atoms with Gasteiger partial charge in [0.2, 0.25) is 5.91 Å². The van der Waals surface area contributed by atoms with Crippen molar-refractivity contribution in [3.63, 3.8) is 0 Å². The van der Waals surface area contributed by atoms with Gasteiger partial charge >= 0.3 is 0 Å². The molecule has 3 heterocycles. The molecule has 7 heteroatoms. The molecule has 1 N–H and O–H groups in total. The number of hydrogen-bond acceptors (Lipinski definition) is 4. The highest BCUT2D eigenvalue weighted by molar-refractivity contribution is 6.16. The van der Waals surface area contributed by atoms with Crippen LogP contribution in [0.4, 0.5) is 5.69 Å². The summed E-state index contributed by atoms with van der Waals surface area (Å²) in [6, 6.07) is 20.2. The van der Waals surface area contributed by atoms with Crippen molar-refractivity contribution in [1.82, 2.24) is 15.2 Å². The second-order valence-electron chi connectivity index (χ2n) is 7.85. The first kappa shape index (κ1) is 19.9. The van der Waals surface area contributed by atoms with Crippen LogP contribution in [0.1, 0.15) is 51.0 Å². The molecule has 0 unspecified atom stereocenters. The highest BCUT2D eigenvalue weighted by atomic mass is 16.2.